The van der Waals surface area contributed by atoms with Crippen LogP contribution in [0.3, 0.4) is 0 Å². The first-order valence-electron chi connectivity index (χ1n) is 34.3. The summed E-state index contributed by atoms with van der Waals surface area (Å²) in [6, 6.07) is 0. The molecule has 0 aromatic carbocycles. The monoisotopic (exact) mass is 1270 g/mol. The minimum atomic E-state index is -1.57. The molecule has 1 unspecified atom stereocenters. The molecule has 4 aliphatic rings. The number of hydrogen-bond donors (Lipinski definition) is 4. The van der Waals surface area contributed by atoms with E-state index in [2.05, 4.69) is 0 Å². The highest BCUT2D eigenvalue weighted by Crippen LogP contribution is 2.45. The van der Waals surface area contributed by atoms with Crippen LogP contribution in [0, 0.1) is 10.8 Å². The van der Waals surface area contributed by atoms with Gasteiger partial charge >= 0.3 is 23.9 Å². The Morgan fingerprint density at radius 2 is 0.573 bits per heavy atom. The van der Waals surface area contributed by atoms with Crippen molar-refractivity contribution in [3.8, 4) is 0 Å². The Bertz CT molecular complexity index is 2080. The van der Waals surface area contributed by atoms with E-state index in [0.717, 1.165) is 12.8 Å². The maximum atomic E-state index is 14.6. The third-order valence-corrected chi connectivity index (χ3v) is 20.6. The summed E-state index contributed by atoms with van der Waals surface area (Å²) in [5, 5.41) is 48.1. The second-order valence-electron chi connectivity index (χ2n) is 32.2. The number of piperidine rings is 4. The van der Waals surface area contributed by atoms with Gasteiger partial charge in [0.1, 0.15) is 11.1 Å². The average Bonchev–Trinajstić information content (AvgIpc) is 0.920. The SMILES string of the molecule is CCCCC(CCCCCCC(CCCC)(C(=O)OCCCOC1CC(C)(C)N(O)C(C)(C)C1)C(=O)OCCCOC1CC(C)(C)[N+](C)(O)C(C)(C)C1)(C(=O)OCCCOC1CC(C)(C)N(O)C(C)(C)C1)C(=O)OCCCOC1CC(C)(C)N(O)C(C)(C)C1. The van der Waals surface area contributed by atoms with Crippen LogP contribution in [0.1, 0.15) is 279 Å². The van der Waals surface area contributed by atoms with E-state index >= 15 is 0 Å². The molecule has 0 aliphatic carbocycles. The van der Waals surface area contributed by atoms with Crippen molar-refractivity contribution >= 4 is 23.9 Å². The van der Waals surface area contributed by atoms with Crippen LogP contribution < -0.4 is 0 Å². The van der Waals surface area contributed by atoms with Crippen molar-refractivity contribution in [1.82, 2.24) is 15.2 Å². The molecule has 0 aromatic rings. The summed E-state index contributed by atoms with van der Waals surface area (Å²) in [6.45, 7) is 37.6. The molecule has 0 aromatic heterocycles. The fraction of sp³-hybridized carbons (Fsp3) is 0.942. The first-order valence-corrected chi connectivity index (χ1v) is 34.3. The molecule has 520 valence electrons. The summed E-state index contributed by atoms with van der Waals surface area (Å²) >= 11 is 0. The highest BCUT2D eigenvalue weighted by molar-refractivity contribution is 6.00. The standard InChI is InChI=1S/C69H129N4O16/c1-20-22-32-68(56(74)86-40-28-36-82-52-44-60(3,4)70(78)61(5,6)45-52,57(75)87-41-29-37-83-53-46-62(7,8)71(79)63(9,10)47-53)34-26-24-25-27-35-69(33-23-21-2,58(76)88-42-30-38-84-54-48-64(11,12)72(80)65(13,14)49-54)59(77)89-43-31-39-85-55-50-66(15,16)73(19,81)67(17,18)51-55/h52-55,78-81H,20-51H2,1-19H3/q+1. The molecule has 0 radical (unpaired) electrons. The summed E-state index contributed by atoms with van der Waals surface area (Å²) in [4.78, 5) is 58.4. The summed E-state index contributed by atoms with van der Waals surface area (Å²) in [6.07, 6.45) is 12.0. The molecule has 0 amide bonds. The number of carbonyl (C=O) groups is 4. The molecule has 0 spiro atoms. The van der Waals surface area contributed by atoms with Gasteiger partial charge in [0, 0.05) is 71.8 Å². The lowest BCUT2D eigenvalue weighted by molar-refractivity contribution is -1.16. The minimum Gasteiger partial charge on any atom is -0.465 e. The quantitative estimate of drug-likeness (QED) is 0.0149. The fourth-order valence-corrected chi connectivity index (χ4v) is 15.2. The Morgan fingerprint density at radius 3 is 0.798 bits per heavy atom. The number of unbranched alkanes of at least 4 members (excludes halogenated alkanes) is 5. The van der Waals surface area contributed by atoms with Crippen LogP contribution >= 0.6 is 0 Å². The summed E-state index contributed by atoms with van der Waals surface area (Å²) in [5.41, 5.74) is -6.90. The molecule has 4 heterocycles. The van der Waals surface area contributed by atoms with Crippen molar-refractivity contribution in [1.29, 1.82) is 0 Å². The largest absolute Gasteiger partial charge is 0.465 e. The average molecular weight is 1270 g/mol. The van der Waals surface area contributed by atoms with Crippen molar-refractivity contribution < 1.29 is 82.5 Å². The Hall–Kier alpha value is -2.60. The number of hydrogen-bond acceptors (Lipinski definition) is 19. The number of likely N-dealkylation sites (tertiary alicyclic amines) is 1. The molecule has 89 heavy (non-hydrogen) atoms. The topological polar surface area (TPSA) is 233 Å². The predicted octanol–water partition coefficient (Wildman–Crippen LogP) is 13.3. The normalized spacial score (nSPS) is 25.2. The van der Waals surface area contributed by atoms with Gasteiger partial charge < -0.3 is 53.5 Å². The van der Waals surface area contributed by atoms with Crippen molar-refractivity contribution in [3.63, 3.8) is 0 Å². The lowest BCUT2D eigenvalue weighted by Gasteiger charge is -2.55. The highest BCUT2D eigenvalue weighted by Gasteiger charge is 2.58. The number of esters is 4. The van der Waals surface area contributed by atoms with Gasteiger partial charge in [-0.1, -0.05) is 65.2 Å². The fourth-order valence-electron chi connectivity index (χ4n) is 15.2. The Morgan fingerprint density at radius 1 is 0.360 bits per heavy atom. The van der Waals surface area contributed by atoms with E-state index in [1.54, 1.807) is 0 Å². The number of ether oxygens (including phenoxy) is 8. The first kappa shape index (κ1) is 78.8. The number of nitrogens with zero attached hydrogens (tertiary/aromatic N) is 4. The van der Waals surface area contributed by atoms with Gasteiger partial charge in [0.2, 0.25) is 0 Å². The van der Waals surface area contributed by atoms with E-state index in [1.165, 1.54) is 15.2 Å². The third kappa shape index (κ3) is 20.9. The van der Waals surface area contributed by atoms with E-state index in [0.29, 0.717) is 142 Å². The third-order valence-electron chi connectivity index (χ3n) is 20.6. The van der Waals surface area contributed by atoms with Crippen molar-refractivity contribution in [2.24, 2.45) is 10.8 Å². The van der Waals surface area contributed by atoms with Gasteiger partial charge in [-0.3, -0.25) is 19.2 Å². The second kappa shape index (κ2) is 32.7. The number of hydroxylamine groups is 9. The van der Waals surface area contributed by atoms with Crippen molar-refractivity contribution in [2.75, 3.05) is 59.9 Å². The number of rotatable bonds is 37. The summed E-state index contributed by atoms with van der Waals surface area (Å²) in [7, 11) is 1.85. The molecular weight excluding hydrogens is 1140 g/mol. The molecule has 0 saturated carbocycles. The van der Waals surface area contributed by atoms with Gasteiger partial charge in [-0.05, 0) is 175 Å². The molecular formula is C69H129N4O16+. The maximum absolute atomic E-state index is 14.6. The van der Waals surface area contributed by atoms with Gasteiger partial charge in [-0.15, -0.1) is 0 Å². The van der Waals surface area contributed by atoms with Gasteiger partial charge in [-0.25, -0.2) is 5.21 Å². The molecule has 1 atom stereocenters. The number of quaternary nitrogens is 1. The van der Waals surface area contributed by atoms with Crippen LogP contribution in [-0.2, 0) is 57.1 Å². The summed E-state index contributed by atoms with van der Waals surface area (Å²) < 4.78 is 49.3. The van der Waals surface area contributed by atoms with Gasteiger partial charge in [0.15, 0.2) is 10.8 Å². The van der Waals surface area contributed by atoms with E-state index < -0.39 is 79.0 Å². The zero-order valence-corrected chi connectivity index (χ0v) is 59.4. The highest BCUT2D eigenvalue weighted by atomic mass is 16.6. The van der Waals surface area contributed by atoms with Crippen LogP contribution in [0.15, 0.2) is 0 Å². The summed E-state index contributed by atoms with van der Waals surface area (Å²) in [5.74, 6) is -2.48. The van der Waals surface area contributed by atoms with Crippen LogP contribution in [0.4, 0.5) is 0 Å². The first-order chi connectivity index (χ1) is 41.1. The van der Waals surface area contributed by atoms with Crippen LogP contribution in [0.5, 0.6) is 0 Å². The minimum absolute atomic E-state index is 0.0480. The maximum Gasteiger partial charge on any atom is 0.323 e. The smallest absolute Gasteiger partial charge is 0.323 e. The van der Waals surface area contributed by atoms with Gasteiger partial charge in [-0.2, -0.15) is 19.8 Å². The van der Waals surface area contributed by atoms with Crippen LogP contribution in [0.2, 0.25) is 0 Å². The van der Waals surface area contributed by atoms with Crippen LogP contribution in [-0.4, -0.2) is 193 Å². The number of carbonyl (C=O) groups excluding carboxylic acids is 4. The molecule has 4 fully saturated rings. The second-order valence-corrected chi connectivity index (χ2v) is 32.2. The van der Waals surface area contributed by atoms with Crippen molar-refractivity contribution in [2.45, 2.75) is 347 Å². The Labute approximate surface area is 537 Å². The molecule has 0 bridgehead atoms. The van der Waals surface area contributed by atoms with E-state index in [4.69, 9.17) is 37.9 Å². The zero-order chi connectivity index (χ0) is 67.1. The molecule has 4 saturated heterocycles. The molecule has 20 heteroatoms. The zero-order valence-electron chi connectivity index (χ0n) is 59.4. The predicted molar refractivity (Wildman–Crippen MR) is 341 cm³/mol. The van der Waals surface area contributed by atoms with E-state index in [1.807, 2.05) is 132 Å². The van der Waals surface area contributed by atoms with Gasteiger partial charge in [0.25, 0.3) is 0 Å². The molecule has 20 nitrogen and oxygen atoms in total. The van der Waals surface area contributed by atoms with Crippen molar-refractivity contribution in [3.05, 3.63) is 0 Å². The Balaban J connectivity index is 1.47. The molecule has 4 rings (SSSR count). The Kier molecular flexibility index (Phi) is 29.0. The van der Waals surface area contributed by atoms with E-state index in [9.17, 15) is 40.0 Å². The van der Waals surface area contributed by atoms with E-state index in [-0.39, 0.29) is 81.2 Å². The molecule has 4 N–H and O–H groups in total. The lowest BCUT2D eigenvalue weighted by atomic mass is 9.76. The molecule has 4 aliphatic heterocycles. The van der Waals surface area contributed by atoms with Gasteiger partial charge in [0.05, 0.1) is 84.3 Å². The van der Waals surface area contributed by atoms with Crippen LogP contribution in [0.25, 0.3) is 0 Å². The lowest BCUT2D eigenvalue weighted by Crippen LogP contribution is -2.71.